The standard InChI is InChI=1S/C25H31ClO6/c1-29-25(15-20(28)14-23(16-27)32-25)19-4-9-24(26)18(13-19)12-17-2-5-21(6-3-17)30-10-11-31-22-7-8-22/h2-6,9,13,20,22-23,27-28H,7-8,10-12,14-16H2,1H3/t20?,23-,25?/m0/s1. The first-order valence-electron chi connectivity index (χ1n) is 11.2. The Balaban J connectivity index is 1.44. The molecule has 7 heteroatoms. The van der Waals surface area contributed by atoms with Crippen LogP contribution in [-0.2, 0) is 26.4 Å². The van der Waals surface area contributed by atoms with E-state index in [1.165, 1.54) is 12.8 Å². The van der Waals surface area contributed by atoms with Crippen molar-refractivity contribution in [2.45, 2.75) is 56.2 Å². The summed E-state index contributed by atoms with van der Waals surface area (Å²) in [6.07, 6.45) is 2.96. The summed E-state index contributed by atoms with van der Waals surface area (Å²) in [6.45, 7) is 0.983. The van der Waals surface area contributed by atoms with Gasteiger partial charge in [-0.1, -0.05) is 29.8 Å². The molecule has 1 aliphatic heterocycles. The van der Waals surface area contributed by atoms with Gasteiger partial charge in [0.25, 0.3) is 0 Å². The summed E-state index contributed by atoms with van der Waals surface area (Å²) in [5, 5.41) is 20.5. The largest absolute Gasteiger partial charge is 0.491 e. The van der Waals surface area contributed by atoms with Gasteiger partial charge in [-0.15, -0.1) is 0 Å². The van der Waals surface area contributed by atoms with E-state index in [1.54, 1.807) is 7.11 Å². The first kappa shape index (κ1) is 23.5. The van der Waals surface area contributed by atoms with Gasteiger partial charge >= 0.3 is 0 Å². The predicted octanol–water partition coefficient (Wildman–Crippen LogP) is 3.82. The van der Waals surface area contributed by atoms with Crippen LogP contribution in [0.25, 0.3) is 0 Å². The summed E-state index contributed by atoms with van der Waals surface area (Å²) in [5.41, 5.74) is 2.79. The van der Waals surface area contributed by atoms with Crippen LogP contribution in [0.1, 0.15) is 42.4 Å². The van der Waals surface area contributed by atoms with Crippen molar-refractivity contribution in [1.82, 2.24) is 0 Å². The maximum Gasteiger partial charge on any atom is 0.197 e. The molecule has 0 aromatic heterocycles. The summed E-state index contributed by atoms with van der Waals surface area (Å²) < 4.78 is 23.1. The van der Waals surface area contributed by atoms with Gasteiger partial charge in [-0.25, -0.2) is 0 Å². The molecule has 0 radical (unpaired) electrons. The minimum atomic E-state index is -1.12. The van der Waals surface area contributed by atoms with Crippen LogP contribution >= 0.6 is 11.6 Å². The second-order valence-corrected chi connectivity index (χ2v) is 8.93. The molecule has 1 saturated carbocycles. The summed E-state index contributed by atoms with van der Waals surface area (Å²) in [4.78, 5) is 0. The van der Waals surface area contributed by atoms with Gasteiger partial charge in [0, 0.05) is 30.5 Å². The molecule has 2 fully saturated rings. The molecule has 6 nitrogen and oxygen atoms in total. The Morgan fingerprint density at radius 1 is 1.12 bits per heavy atom. The van der Waals surface area contributed by atoms with Crippen molar-refractivity contribution in [3.05, 3.63) is 64.2 Å². The number of rotatable bonds is 10. The van der Waals surface area contributed by atoms with Crippen LogP contribution in [0.15, 0.2) is 42.5 Å². The molecule has 3 atom stereocenters. The quantitative estimate of drug-likeness (QED) is 0.523. The van der Waals surface area contributed by atoms with E-state index in [0.717, 1.165) is 22.4 Å². The number of aliphatic hydroxyl groups is 2. The van der Waals surface area contributed by atoms with Crippen molar-refractivity contribution in [2.75, 3.05) is 26.9 Å². The molecule has 0 bridgehead atoms. The molecule has 1 saturated heterocycles. The lowest BCUT2D eigenvalue weighted by Gasteiger charge is -2.42. The van der Waals surface area contributed by atoms with Gasteiger partial charge in [0.05, 0.1) is 31.5 Å². The molecular weight excluding hydrogens is 432 g/mol. The number of hydrogen-bond donors (Lipinski definition) is 2. The summed E-state index contributed by atoms with van der Waals surface area (Å²) in [6, 6.07) is 13.6. The van der Waals surface area contributed by atoms with E-state index in [0.29, 0.717) is 37.2 Å². The van der Waals surface area contributed by atoms with Gasteiger partial charge in [0.15, 0.2) is 5.79 Å². The molecule has 1 aliphatic carbocycles. The van der Waals surface area contributed by atoms with E-state index in [4.69, 9.17) is 30.5 Å². The first-order valence-corrected chi connectivity index (χ1v) is 11.5. The molecule has 2 N–H and O–H groups in total. The highest BCUT2D eigenvalue weighted by molar-refractivity contribution is 6.31. The monoisotopic (exact) mass is 462 g/mol. The van der Waals surface area contributed by atoms with Crippen molar-refractivity contribution < 1.29 is 29.2 Å². The SMILES string of the molecule is COC1(c2ccc(Cl)c(Cc3ccc(OCCOC4CC4)cc3)c2)CC(O)C[C@@H](CO)O1. The van der Waals surface area contributed by atoms with E-state index < -0.39 is 18.0 Å². The van der Waals surface area contributed by atoms with Gasteiger partial charge in [0.1, 0.15) is 12.4 Å². The van der Waals surface area contributed by atoms with E-state index in [9.17, 15) is 10.2 Å². The predicted molar refractivity (Wildman–Crippen MR) is 121 cm³/mol. The second-order valence-electron chi connectivity index (χ2n) is 8.52. The second kappa shape index (κ2) is 10.5. The number of hydrogen-bond acceptors (Lipinski definition) is 6. The molecule has 0 amide bonds. The first-order chi connectivity index (χ1) is 15.5. The normalized spacial score (nSPS) is 25.6. The van der Waals surface area contributed by atoms with Gasteiger partial charge in [-0.05, 0) is 54.7 Å². The zero-order chi connectivity index (χ0) is 22.6. The third kappa shape index (κ3) is 5.81. The third-order valence-corrected chi connectivity index (χ3v) is 6.33. The molecule has 174 valence electrons. The Labute approximate surface area is 194 Å². The lowest BCUT2D eigenvalue weighted by atomic mass is 9.91. The number of ether oxygens (including phenoxy) is 4. The zero-order valence-corrected chi connectivity index (χ0v) is 19.1. The van der Waals surface area contributed by atoms with Gasteiger partial charge < -0.3 is 29.2 Å². The van der Waals surface area contributed by atoms with Crippen LogP contribution in [0, 0.1) is 0 Å². The molecule has 4 rings (SSSR count). The van der Waals surface area contributed by atoms with E-state index >= 15 is 0 Å². The number of methoxy groups -OCH3 is 1. The molecule has 2 aromatic rings. The van der Waals surface area contributed by atoms with Crippen LogP contribution in [0.4, 0.5) is 0 Å². The Kier molecular flexibility index (Phi) is 7.71. The Morgan fingerprint density at radius 2 is 1.91 bits per heavy atom. The van der Waals surface area contributed by atoms with Crippen molar-refractivity contribution in [2.24, 2.45) is 0 Å². The smallest absolute Gasteiger partial charge is 0.197 e. The Morgan fingerprint density at radius 3 is 2.59 bits per heavy atom. The molecule has 32 heavy (non-hydrogen) atoms. The van der Waals surface area contributed by atoms with Crippen LogP contribution in [0.5, 0.6) is 5.75 Å². The van der Waals surface area contributed by atoms with E-state index in [-0.39, 0.29) is 13.0 Å². The minimum Gasteiger partial charge on any atom is -0.491 e. The summed E-state index contributed by atoms with van der Waals surface area (Å²) >= 11 is 6.50. The van der Waals surface area contributed by atoms with Crippen LogP contribution < -0.4 is 4.74 Å². The fourth-order valence-electron chi connectivity index (χ4n) is 4.09. The summed E-state index contributed by atoms with van der Waals surface area (Å²) in [7, 11) is 1.55. The molecule has 2 unspecified atom stereocenters. The lowest BCUT2D eigenvalue weighted by molar-refractivity contribution is -0.298. The number of benzene rings is 2. The van der Waals surface area contributed by atoms with Crippen molar-refractivity contribution in [3.8, 4) is 5.75 Å². The van der Waals surface area contributed by atoms with Crippen LogP contribution in [0.3, 0.4) is 0 Å². The summed E-state index contributed by atoms with van der Waals surface area (Å²) in [5.74, 6) is -0.309. The number of halogens is 1. The number of aliphatic hydroxyl groups excluding tert-OH is 2. The minimum absolute atomic E-state index is 0.177. The highest BCUT2D eigenvalue weighted by atomic mass is 35.5. The third-order valence-electron chi connectivity index (χ3n) is 5.96. The molecule has 2 aromatic carbocycles. The van der Waals surface area contributed by atoms with E-state index in [2.05, 4.69) is 0 Å². The lowest BCUT2D eigenvalue weighted by Crippen LogP contribution is -2.46. The van der Waals surface area contributed by atoms with E-state index in [1.807, 2.05) is 42.5 Å². The highest BCUT2D eigenvalue weighted by Crippen LogP contribution is 2.40. The van der Waals surface area contributed by atoms with Crippen LogP contribution in [0.2, 0.25) is 5.02 Å². The van der Waals surface area contributed by atoms with Crippen molar-refractivity contribution in [3.63, 3.8) is 0 Å². The topological polar surface area (TPSA) is 77.4 Å². The Bertz CT molecular complexity index is 885. The highest BCUT2D eigenvalue weighted by Gasteiger charge is 2.43. The molecular formula is C25H31ClO6. The maximum absolute atomic E-state index is 10.3. The van der Waals surface area contributed by atoms with Gasteiger partial charge in [-0.2, -0.15) is 0 Å². The molecule has 2 aliphatic rings. The molecule has 1 heterocycles. The fraction of sp³-hybridized carbons (Fsp3) is 0.520. The average molecular weight is 463 g/mol. The zero-order valence-electron chi connectivity index (χ0n) is 18.3. The Hall–Kier alpha value is -1.67. The van der Waals surface area contributed by atoms with Crippen LogP contribution in [-0.4, -0.2) is 55.5 Å². The van der Waals surface area contributed by atoms with Crippen molar-refractivity contribution in [1.29, 1.82) is 0 Å². The molecule has 0 spiro atoms. The van der Waals surface area contributed by atoms with Crippen molar-refractivity contribution >= 4 is 11.6 Å². The fourth-order valence-corrected chi connectivity index (χ4v) is 4.27. The maximum atomic E-state index is 10.3. The van der Waals surface area contributed by atoms with Gasteiger partial charge in [-0.3, -0.25) is 0 Å². The van der Waals surface area contributed by atoms with Gasteiger partial charge in [0.2, 0.25) is 0 Å². The average Bonchev–Trinajstić information content (AvgIpc) is 3.63.